The topological polar surface area (TPSA) is 77.0 Å². The van der Waals surface area contributed by atoms with Gasteiger partial charge in [-0.15, -0.1) is 0 Å². The molecule has 0 spiro atoms. The highest BCUT2D eigenvalue weighted by molar-refractivity contribution is 5.93. The standard InChI is InChI=1S/C11H17NO5/c13-11(12-4-8-1-2-15-5-8)9-3-10(7-17-14)16-6-9/h6,8,10,14H,1-5,7H2,(H,12,13). The molecule has 1 saturated heterocycles. The van der Waals surface area contributed by atoms with Crippen molar-refractivity contribution in [1.29, 1.82) is 0 Å². The second-order valence-corrected chi connectivity index (χ2v) is 4.34. The molecule has 0 aliphatic carbocycles. The van der Waals surface area contributed by atoms with Gasteiger partial charge in [0.25, 0.3) is 0 Å². The van der Waals surface area contributed by atoms with Gasteiger partial charge in [-0.2, -0.15) is 0 Å². The van der Waals surface area contributed by atoms with Crippen molar-refractivity contribution in [2.45, 2.75) is 18.9 Å². The predicted octanol–water partition coefficient (Wildman–Crippen LogP) is 0.301. The molecular weight excluding hydrogens is 226 g/mol. The Morgan fingerprint density at radius 1 is 1.65 bits per heavy atom. The molecule has 0 bridgehead atoms. The second-order valence-electron chi connectivity index (χ2n) is 4.34. The first-order valence-corrected chi connectivity index (χ1v) is 5.76. The fraction of sp³-hybridized carbons (Fsp3) is 0.727. The third-order valence-corrected chi connectivity index (χ3v) is 2.98. The van der Waals surface area contributed by atoms with Crippen LogP contribution in [0, 0.1) is 5.92 Å². The Labute approximate surface area is 99.5 Å². The van der Waals surface area contributed by atoms with E-state index in [1.807, 2.05) is 0 Å². The Morgan fingerprint density at radius 2 is 2.53 bits per heavy atom. The molecule has 2 aliphatic rings. The van der Waals surface area contributed by atoms with Gasteiger partial charge < -0.3 is 14.8 Å². The molecular formula is C11H17NO5. The first-order chi connectivity index (χ1) is 8.29. The molecule has 2 rings (SSSR count). The minimum atomic E-state index is -0.268. The number of carbonyl (C=O) groups excluding carboxylic acids is 1. The Kier molecular flexibility index (Phi) is 4.36. The highest BCUT2D eigenvalue weighted by Gasteiger charge is 2.24. The van der Waals surface area contributed by atoms with E-state index >= 15 is 0 Å². The van der Waals surface area contributed by atoms with Gasteiger partial charge in [-0.25, -0.2) is 4.89 Å². The van der Waals surface area contributed by atoms with E-state index in [0.29, 0.717) is 24.5 Å². The van der Waals surface area contributed by atoms with Crippen molar-refractivity contribution in [3.63, 3.8) is 0 Å². The lowest BCUT2D eigenvalue weighted by molar-refractivity contribution is -0.255. The van der Waals surface area contributed by atoms with Crippen molar-refractivity contribution in [3.8, 4) is 0 Å². The average molecular weight is 243 g/mol. The van der Waals surface area contributed by atoms with Crippen LogP contribution in [-0.4, -0.2) is 43.6 Å². The maximum absolute atomic E-state index is 11.7. The number of amides is 1. The third kappa shape index (κ3) is 3.42. The van der Waals surface area contributed by atoms with Crippen LogP contribution in [-0.2, 0) is 19.2 Å². The fourth-order valence-electron chi connectivity index (χ4n) is 1.94. The van der Waals surface area contributed by atoms with Crippen LogP contribution in [0.25, 0.3) is 0 Å². The molecule has 2 unspecified atom stereocenters. The number of rotatable bonds is 5. The van der Waals surface area contributed by atoms with Gasteiger partial charge in [-0.05, 0) is 6.42 Å². The Bertz CT molecular complexity index is 298. The van der Waals surface area contributed by atoms with E-state index in [4.69, 9.17) is 14.7 Å². The molecule has 6 nitrogen and oxygen atoms in total. The van der Waals surface area contributed by atoms with Gasteiger partial charge in [0, 0.05) is 25.5 Å². The largest absolute Gasteiger partial charge is 0.495 e. The van der Waals surface area contributed by atoms with Crippen molar-refractivity contribution >= 4 is 5.91 Å². The van der Waals surface area contributed by atoms with Crippen molar-refractivity contribution in [1.82, 2.24) is 5.32 Å². The van der Waals surface area contributed by atoms with Gasteiger partial charge in [-0.1, -0.05) is 0 Å². The number of ether oxygens (including phenoxy) is 2. The van der Waals surface area contributed by atoms with Crippen LogP contribution >= 0.6 is 0 Å². The summed E-state index contributed by atoms with van der Waals surface area (Å²) in [5.74, 6) is 0.302. The molecule has 2 N–H and O–H groups in total. The minimum absolute atomic E-state index is 0.0732. The van der Waals surface area contributed by atoms with Crippen LogP contribution in [0.15, 0.2) is 11.8 Å². The summed E-state index contributed by atoms with van der Waals surface area (Å²) >= 11 is 0. The normalized spacial score (nSPS) is 27.7. The van der Waals surface area contributed by atoms with Crippen molar-refractivity contribution < 1.29 is 24.4 Å². The molecule has 0 aromatic rings. The van der Waals surface area contributed by atoms with Crippen molar-refractivity contribution in [2.75, 3.05) is 26.4 Å². The van der Waals surface area contributed by atoms with Crippen molar-refractivity contribution in [3.05, 3.63) is 11.8 Å². The van der Waals surface area contributed by atoms with Gasteiger partial charge in [-0.3, -0.25) is 10.1 Å². The molecule has 2 heterocycles. The van der Waals surface area contributed by atoms with E-state index < -0.39 is 0 Å². The first kappa shape index (κ1) is 12.3. The third-order valence-electron chi connectivity index (χ3n) is 2.98. The first-order valence-electron chi connectivity index (χ1n) is 5.76. The molecule has 0 radical (unpaired) electrons. The lowest BCUT2D eigenvalue weighted by Gasteiger charge is -2.10. The summed E-state index contributed by atoms with van der Waals surface area (Å²) in [6.45, 7) is 2.21. The molecule has 0 aromatic heterocycles. The molecule has 0 aromatic carbocycles. The summed E-state index contributed by atoms with van der Waals surface area (Å²) in [5, 5.41) is 11.1. The lowest BCUT2D eigenvalue weighted by Crippen LogP contribution is -2.30. The van der Waals surface area contributed by atoms with Crippen LogP contribution in [0.3, 0.4) is 0 Å². The summed E-state index contributed by atoms with van der Waals surface area (Å²) in [7, 11) is 0. The average Bonchev–Trinajstić information content (AvgIpc) is 2.97. The van der Waals surface area contributed by atoms with Crippen molar-refractivity contribution in [2.24, 2.45) is 5.92 Å². The maximum atomic E-state index is 11.7. The Balaban J connectivity index is 1.69. The smallest absolute Gasteiger partial charge is 0.250 e. The molecule has 6 heteroatoms. The van der Waals surface area contributed by atoms with Gasteiger partial charge in [0.1, 0.15) is 12.7 Å². The highest BCUT2D eigenvalue weighted by Crippen LogP contribution is 2.18. The zero-order chi connectivity index (χ0) is 12.1. The zero-order valence-corrected chi connectivity index (χ0v) is 9.55. The SMILES string of the molecule is O=C(NCC1CCOC1)C1=COC(COO)C1. The molecule has 1 amide bonds. The molecule has 0 saturated carbocycles. The summed E-state index contributed by atoms with van der Waals surface area (Å²) in [5.41, 5.74) is 0.589. The van der Waals surface area contributed by atoms with Crippen LogP contribution in [0.4, 0.5) is 0 Å². The van der Waals surface area contributed by atoms with E-state index in [9.17, 15) is 4.79 Å². The van der Waals surface area contributed by atoms with Crippen LogP contribution in [0.1, 0.15) is 12.8 Å². The van der Waals surface area contributed by atoms with Gasteiger partial charge in [0.05, 0.1) is 18.4 Å². The summed E-state index contributed by atoms with van der Waals surface area (Å²) in [4.78, 5) is 15.7. The number of nitrogens with one attached hydrogen (secondary N) is 1. The van der Waals surface area contributed by atoms with Gasteiger partial charge in [0.2, 0.25) is 5.91 Å². The van der Waals surface area contributed by atoms with Gasteiger partial charge >= 0.3 is 0 Å². The Morgan fingerprint density at radius 3 is 3.24 bits per heavy atom. The monoisotopic (exact) mass is 243 g/mol. The van der Waals surface area contributed by atoms with E-state index in [0.717, 1.165) is 19.6 Å². The summed E-state index contributed by atoms with van der Waals surface area (Å²) < 4.78 is 10.4. The fourth-order valence-corrected chi connectivity index (χ4v) is 1.94. The lowest BCUT2D eigenvalue weighted by atomic mass is 10.1. The number of hydrogen-bond donors (Lipinski definition) is 2. The van der Waals surface area contributed by atoms with Crippen LogP contribution in [0.2, 0.25) is 0 Å². The predicted molar refractivity (Wildman–Crippen MR) is 58.1 cm³/mol. The molecule has 2 aliphatic heterocycles. The number of hydrogen-bond acceptors (Lipinski definition) is 5. The quantitative estimate of drug-likeness (QED) is 0.536. The van der Waals surface area contributed by atoms with E-state index in [-0.39, 0.29) is 18.6 Å². The highest BCUT2D eigenvalue weighted by atomic mass is 17.1. The number of carbonyl (C=O) groups is 1. The van der Waals surface area contributed by atoms with Gasteiger partial charge in [0.15, 0.2) is 0 Å². The summed E-state index contributed by atoms with van der Waals surface area (Å²) in [6.07, 6.45) is 2.63. The molecule has 17 heavy (non-hydrogen) atoms. The molecule has 1 fully saturated rings. The molecule has 96 valence electrons. The maximum Gasteiger partial charge on any atom is 0.250 e. The molecule has 2 atom stereocenters. The van der Waals surface area contributed by atoms with Crippen LogP contribution in [0.5, 0.6) is 0 Å². The van der Waals surface area contributed by atoms with E-state index in [1.165, 1.54) is 6.26 Å². The van der Waals surface area contributed by atoms with E-state index in [1.54, 1.807) is 0 Å². The Hall–Kier alpha value is -1.11. The summed E-state index contributed by atoms with van der Waals surface area (Å²) in [6, 6.07) is 0. The zero-order valence-electron chi connectivity index (χ0n) is 9.55. The second kappa shape index (κ2) is 6.00. The van der Waals surface area contributed by atoms with Crippen LogP contribution < -0.4 is 5.32 Å². The van der Waals surface area contributed by atoms with E-state index in [2.05, 4.69) is 10.2 Å². The minimum Gasteiger partial charge on any atom is -0.495 e.